The predicted molar refractivity (Wildman–Crippen MR) is 469 cm³/mol. The van der Waals surface area contributed by atoms with Gasteiger partial charge in [-0.3, -0.25) is 44.6 Å². The van der Waals surface area contributed by atoms with Crippen LogP contribution in [0.25, 0.3) is 0 Å². The van der Waals surface area contributed by atoms with Crippen LogP contribution in [-0.2, 0) is 23.7 Å². The van der Waals surface area contributed by atoms with Gasteiger partial charge in [-0.1, -0.05) is 49.6 Å². The zero-order valence-corrected chi connectivity index (χ0v) is 69.9. The third kappa shape index (κ3) is 35.9. The number of nitro groups is 2. The molecule has 26 nitrogen and oxygen atoms in total. The number of likely N-dealkylation sites (N-methyl/N-ethyl adjacent to an activating group) is 3. The van der Waals surface area contributed by atoms with Gasteiger partial charge in [0.25, 0.3) is 17.3 Å². The Morgan fingerprint density at radius 2 is 0.972 bits per heavy atom. The van der Waals surface area contributed by atoms with Crippen molar-refractivity contribution in [3.8, 4) is 17.4 Å². The van der Waals surface area contributed by atoms with E-state index < -0.39 is 0 Å². The Bertz CT molecular complexity index is 3310. The normalized spacial score (nSPS) is 16.3. The average molecular weight is 1700 g/mol. The highest BCUT2D eigenvalue weighted by atomic mass is 127. The highest BCUT2D eigenvalue weighted by molar-refractivity contribution is 14.1. The molecule has 6 N–H and O–H groups in total. The van der Waals surface area contributed by atoms with E-state index in [0.29, 0.717) is 41.4 Å². The van der Waals surface area contributed by atoms with E-state index in [1.165, 1.54) is 73.2 Å². The number of nitrogens with two attached hydrogens (primary N) is 2. The Balaban J connectivity index is 0.00000129. The lowest BCUT2D eigenvalue weighted by atomic mass is 10.2. The number of hydrogen-bond acceptors (Lipinski definition) is 23. The summed E-state index contributed by atoms with van der Waals surface area (Å²) in [5, 5.41) is 27.4. The third-order valence-corrected chi connectivity index (χ3v) is 17.7. The summed E-state index contributed by atoms with van der Waals surface area (Å²) in [5.74, 6) is 0.685. The maximum atomic E-state index is 11.3. The van der Waals surface area contributed by atoms with Crippen LogP contribution in [0, 0.1) is 20.2 Å². The van der Waals surface area contributed by atoms with Crippen molar-refractivity contribution in [3.05, 3.63) is 166 Å². The summed E-state index contributed by atoms with van der Waals surface area (Å²) in [6, 6.07) is 38.7. The van der Waals surface area contributed by atoms with Crippen molar-refractivity contribution in [2.75, 3.05) is 201 Å². The van der Waals surface area contributed by atoms with Gasteiger partial charge in [-0.05, 0) is 153 Å². The lowest BCUT2D eigenvalue weighted by Gasteiger charge is -2.30. The standard InChI is InChI=1S/C15H23N3O3.2C15H25N3O.C14H12ClN3O3.C13H19N3O3.C2H5I.CH4.4H2S/c1-3-17(13-4-6-14(7-5-13)18(19)20)15-8-9-16(12-15)10-11-21-2;2*1-3-18(14-6-4-13(16)5-7-14)15-8-9-17(12-15)10-11-19-2;1-3-12(19)17-9-5-4-6-10(7-9)21-13-11(20-2)8-16-14(15)18-13;1-19-9-8-15-7-6-12(10-15)14-11-2-4-13(5-3-11)16(17)18;1-2-3;;;;;/h4-7,15H,3,8-12H2,1-2H3;2*4-7,15H,3,8-12,16H2,1-2H3;3-8H,1H2,2H3,(H,17,19);2-5,12,14H,6-10H2,1H3;2H2,1H3;1H4;4*1H2/t3*15-;;12-;;;;;;/m000.0....../s1. The van der Waals surface area contributed by atoms with Gasteiger partial charge in [-0.2, -0.15) is 59.0 Å². The fourth-order valence-corrected chi connectivity index (χ4v) is 12.4. The summed E-state index contributed by atoms with van der Waals surface area (Å²) in [5.41, 5.74) is 18.5. The number of methoxy groups -OCH3 is 5. The first-order valence-corrected chi connectivity index (χ1v) is 36.7. The summed E-state index contributed by atoms with van der Waals surface area (Å²) in [7, 11) is 8.44. The minimum absolute atomic E-state index is 0. The maximum absolute atomic E-state index is 11.3. The smallest absolute Gasteiger partial charge is 0.269 e. The van der Waals surface area contributed by atoms with Gasteiger partial charge in [0.1, 0.15) is 5.75 Å². The van der Waals surface area contributed by atoms with E-state index in [1.54, 1.807) is 77.0 Å². The molecule has 0 radical (unpaired) electrons. The lowest BCUT2D eigenvalue weighted by molar-refractivity contribution is -0.385. The summed E-state index contributed by atoms with van der Waals surface area (Å²) in [6.45, 7) is 30.9. The molecule has 600 valence electrons. The number of nitro benzene ring substituents is 2. The Morgan fingerprint density at radius 3 is 1.34 bits per heavy atom. The fourth-order valence-electron chi connectivity index (χ4n) is 12.3. The van der Waals surface area contributed by atoms with Crippen LogP contribution in [0.1, 0.15) is 60.8 Å². The Hall–Kier alpha value is -6.31. The molecule has 6 aromatic rings. The number of non-ortho nitro benzene ring substituents is 2. The number of alkyl halides is 1. The highest BCUT2D eigenvalue weighted by Crippen LogP contribution is 2.32. The second kappa shape index (κ2) is 56.8. The molecule has 4 aliphatic heterocycles. The van der Waals surface area contributed by atoms with Gasteiger partial charge in [0.2, 0.25) is 11.2 Å². The topological polar surface area (TPSA) is 283 Å². The Kier molecular flexibility index (Phi) is 53.5. The van der Waals surface area contributed by atoms with Gasteiger partial charge in [-0.25, -0.2) is 4.98 Å². The lowest BCUT2D eigenvalue weighted by Crippen LogP contribution is -2.38. The zero-order valence-electron chi connectivity index (χ0n) is 63.0. The largest absolute Gasteiger partial charge is 0.490 e. The van der Waals surface area contributed by atoms with Crippen molar-refractivity contribution in [2.45, 2.75) is 85.0 Å². The number of ether oxygens (including phenoxy) is 6. The van der Waals surface area contributed by atoms with E-state index >= 15 is 0 Å². The number of benzene rings is 5. The SMILES string of the molecule is C.C=CC(=O)Nc1cccc(Oc2nc(Cl)ncc2OC)c1.CCI.CCN(c1ccc(N)cc1)[C@H]1CCN(CCOC)C1.CCN(c1ccc(N)cc1)[C@H]1CCN(CCOC)C1.CCN(c1ccc([N+](=O)[O-])cc1)[C@H]1CCN(CCOC)C1.COCCN1CC[C@H](Nc2ccc([N+](=O)[O-])cc2)C1.S.S.S.S. The number of nitrogen functional groups attached to an aromatic ring is 2. The fraction of sp³-hybridized carbons (Fsp3) is 0.507. The first kappa shape index (κ1) is 101. The van der Waals surface area contributed by atoms with Gasteiger partial charge in [-0.15, -0.1) is 0 Å². The van der Waals surface area contributed by atoms with Crippen molar-refractivity contribution in [1.82, 2.24) is 29.6 Å². The molecule has 32 heteroatoms. The number of anilines is 7. The number of hydrogen-bond donors (Lipinski definition) is 4. The van der Waals surface area contributed by atoms with E-state index in [4.69, 9.17) is 51.5 Å². The van der Waals surface area contributed by atoms with E-state index in [2.05, 4.69) is 136 Å². The van der Waals surface area contributed by atoms with Crippen molar-refractivity contribution in [1.29, 1.82) is 0 Å². The van der Waals surface area contributed by atoms with Crippen LogP contribution in [0.5, 0.6) is 17.4 Å². The maximum Gasteiger partial charge on any atom is 0.269 e. The number of rotatable bonds is 30. The molecule has 4 fully saturated rings. The van der Waals surface area contributed by atoms with Crippen LogP contribution < -0.4 is 46.3 Å². The van der Waals surface area contributed by atoms with Crippen molar-refractivity contribution < 1.29 is 43.1 Å². The number of carbonyl (C=O) groups excluding carboxylic acids is 1. The van der Waals surface area contributed by atoms with Crippen LogP contribution >= 0.6 is 88.2 Å². The predicted octanol–water partition coefficient (Wildman–Crippen LogP) is 13.1. The first-order chi connectivity index (χ1) is 49.4. The Labute approximate surface area is 682 Å². The number of aromatic nitrogens is 2. The highest BCUT2D eigenvalue weighted by Gasteiger charge is 2.30. The molecule has 0 aliphatic carbocycles. The molecule has 5 heterocycles. The molecule has 5 aromatic carbocycles. The number of nitrogens with one attached hydrogen (secondary N) is 2. The molecule has 0 bridgehead atoms. The third-order valence-electron chi connectivity index (χ3n) is 17.5. The van der Waals surface area contributed by atoms with E-state index in [1.807, 2.05) is 36.4 Å². The molecular formula is C75H121ClIN15O11S4. The zero-order chi connectivity index (χ0) is 74.2. The van der Waals surface area contributed by atoms with Crippen LogP contribution in [0.15, 0.2) is 140 Å². The minimum Gasteiger partial charge on any atom is -0.490 e. The molecule has 0 spiro atoms. The van der Waals surface area contributed by atoms with Crippen molar-refractivity contribution >= 4 is 145 Å². The van der Waals surface area contributed by atoms with E-state index in [9.17, 15) is 25.0 Å². The number of amides is 1. The first-order valence-electron chi connectivity index (χ1n) is 34.8. The molecular weight excluding hydrogens is 1580 g/mol. The quantitative estimate of drug-likeness (QED) is 0.00620. The molecule has 4 saturated heterocycles. The average Bonchev–Trinajstić information content (AvgIpc) is 1.83. The van der Waals surface area contributed by atoms with Gasteiger partial charge in [0, 0.05) is 221 Å². The number of carbonyl (C=O) groups is 1. The molecule has 0 unspecified atom stereocenters. The second-order valence-electron chi connectivity index (χ2n) is 24.4. The molecule has 10 rings (SSSR count). The van der Waals surface area contributed by atoms with Crippen LogP contribution in [0.3, 0.4) is 0 Å². The summed E-state index contributed by atoms with van der Waals surface area (Å²) in [4.78, 5) is 56.6. The van der Waals surface area contributed by atoms with Crippen LogP contribution in [0.4, 0.5) is 51.2 Å². The van der Waals surface area contributed by atoms with Crippen molar-refractivity contribution in [3.63, 3.8) is 0 Å². The second-order valence-corrected chi connectivity index (χ2v) is 26.2. The number of likely N-dealkylation sites (tertiary alicyclic amines) is 4. The monoisotopic (exact) mass is 1700 g/mol. The number of nitrogens with zero attached hydrogens (tertiary/aromatic N) is 11. The summed E-state index contributed by atoms with van der Waals surface area (Å²) >= 11 is 8.02. The molecule has 0 saturated carbocycles. The summed E-state index contributed by atoms with van der Waals surface area (Å²) in [6.07, 6.45) is 7.24. The molecule has 4 atom stereocenters. The number of halogens is 2. The summed E-state index contributed by atoms with van der Waals surface area (Å²) < 4.78 is 32.4. The van der Waals surface area contributed by atoms with E-state index in [-0.39, 0.29) is 99.7 Å². The van der Waals surface area contributed by atoms with Gasteiger partial charge in [0.15, 0.2) is 5.75 Å². The van der Waals surface area contributed by atoms with Gasteiger partial charge >= 0.3 is 0 Å². The molecule has 107 heavy (non-hydrogen) atoms. The van der Waals surface area contributed by atoms with Gasteiger partial charge in [0.05, 0.1) is 49.6 Å². The van der Waals surface area contributed by atoms with Crippen LogP contribution in [-0.4, -0.2) is 234 Å². The minimum atomic E-state index is -0.383. The van der Waals surface area contributed by atoms with Gasteiger partial charge < -0.3 is 65.2 Å². The molecule has 4 aliphatic rings. The van der Waals surface area contributed by atoms with E-state index in [0.717, 1.165) is 147 Å². The van der Waals surface area contributed by atoms with Crippen molar-refractivity contribution in [2.24, 2.45) is 0 Å². The molecule has 1 aromatic heterocycles. The molecule has 1 amide bonds. The Morgan fingerprint density at radius 1 is 0.598 bits per heavy atom. The van der Waals surface area contributed by atoms with Crippen LogP contribution in [0.2, 0.25) is 5.28 Å².